The smallest absolute Gasteiger partial charge is 0.356 e. The number of allylic oxidation sites excluding steroid dienone is 1. The van der Waals surface area contributed by atoms with Crippen LogP contribution in [0.15, 0.2) is 16.8 Å². The zero-order valence-electron chi connectivity index (χ0n) is 7.20. The summed E-state index contributed by atoms with van der Waals surface area (Å²) in [7, 11) is 1.27. The molecule has 0 aliphatic rings. The molecule has 0 saturated heterocycles. The van der Waals surface area contributed by atoms with Gasteiger partial charge in [0.2, 0.25) is 0 Å². The summed E-state index contributed by atoms with van der Waals surface area (Å²) in [5.74, 6) is -0.689. The van der Waals surface area contributed by atoms with E-state index in [4.69, 9.17) is 11.5 Å². The number of hydrogen-bond donors (Lipinski definition) is 2. The van der Waals surface area contributed by atoms with E-state index in [1.165, 1.54) is 7.11 Å². The summed E-state index contributed by atoms with van der Waals surface area (Å²) in [5.41, 5.74) is 10.3. The Hall–Kier alpha value is -1.52. The van der Waals surface area contributed by atoms with Crippen molar-refractivity contribution < 1.29 is 9.53 Å². The van der Waals surface area contributed by atoms with E-state index in [0.717, 1.165) is 0 Å². The van der Waals surface area contributed by atoms with Crippen molar-refractivity contribution in [2.24, 2.45) is 16.5 Å². The van der Waals surface area contributed by atoms with E-state index in [9.17, 15) is 4.79 Å². The summed E-state index contributed by atoms with van der Waals surface area (Å²) < 4.78 is 4.44. The number of guanidine groups is 1. The number of nitrogens with zero attached hydrogens (tertiary/aromatic N) is 1. The SMILES string of the molecule is CCC=C(N=C(N)N)C(=O)OC. The van der Waals surface area contributed by atoms with Crippen LogP contribution in [0.1, 0.15) is 13.3 Å². The van der Waals surface area contributed by atoms with Gasteiger partial charge in [0.1, 0.15) is 5.70 Å². The van der Waals surface area contributed by atoms with Gasteiger partial charge < -0.3 is 16.2 Å². The molecule has 0 amide bonds. The molecule has 0 spiro atoms. The van der Waals surface area contributed by atoms with Crippen LogP contribution in [0.4, 0.5) is 0 Å². The van der Waals surface area contributed by atoms with Crippen LogP contribution in [0.25, 0.3) is 0 Å². The van der Waals surface area contributed by atoms with Gasteiger partial charge >= 0.3 is 5.97 Å². The van der Waals surface area contributed by atoms with Crippen LogP contribution in [0, 0.1) is 0 Å². The van der Waals surface area contributed by atoms with E-state index >= 15 is 0 Å². The molecule has 0 aliphatic heterocycles. The van der Waals surface area contributed by atoms with E-state index in [1.807, 2.05) is 6.92 Å². The number of rotatable bonds is 3. The number of ether oxygens (including phenoxy) is 1. The molecule has 0 aromatic heterocycles. The molecule has 0 fully saturated rings. The number of methoxy groups -OCH3 is 1. The molecule has 5 heteroatoms. The monoisotopic (exact) mass is 171 g/mol. The maximum Gasteiger partial charge on any atom is 0.356 e. The van der Waals surface area contributed by atoms with Crippen LogP contribution >= 0.6 is 0 Å². The second-order valence-corrected chi connectivity index (χ2v) is 2.03. The van der Waals surface area contributed by atoms with Crippen LogP contribution < -0.4 is 11.5 Å². The molecule has 5 nitrogen and oxygen atoms in total. The van der Waals surface area contributed by atoms with Gasteiger partial charge in [-0.25, -0.2) is 9.79 Å². The molecule has 68 valence electrons. The van der Waals surface area contributed by atoms with Gasteiger partial charge in [-0.05, 0) is 6.42 Å². The lowest BCUT2D eigenvalue weighted by atomic mass is 10.3. The maximum atomic E-state index is 10.9. The van der Waals surface area contributed by atoms with Crippen LogP contribution in [-0.4, -0.2) is 19.0 Å². The van der Waals surface area contributed by atoms with Crippen molar-refractivity contribution in [2.75, 3.05) is 7.11 Å². The zero-order valence-corrected chi connectivity index (χ0v) is 7.20. The Labute approximate surface area is 71.1 Å². The number of nitrogens with two attached hydrogens (primary N) is 2. The minimum Gasteiger partial charge on any atom is -0.464 e. The lowest BCUT2D eigenvalue weighted by Gasteiger charge is -1.98. The lowest BCUT2D eigenvalue weighted by Crippen LogP contribution is -2.23. The highest BCUT2D eigenvalue weighted by Crippen LogP contribution is 2.00. The second kappa shape index (κ2) is 5.17. The topological polar surface area (TPSA) is 90.7 Å². The van der Waals surface area contributed by atoms with E-state index in [2.05, 4.69) is 9.73 Å². The average molecular weight is 171 g/mol. The first-order valence-electron chi connectivity index (χ1n) is 3.50. The summed E-state index contributed by atoms with van der Waals surface area (Å²) in [4.78, 5) is 14.5. The van der Waals surface area contributed by atoms with Crippen molar-refractivity contribution in [3.8, 4) is 0 Å². The zero-order chi connectivity index (χ0) is 9.56. The van der Waals surface area contributed by atoms with Gasteiger partial charge in [-0.1, -0.05) is 13.0 Å². The molecular weight excluding hydrogens is 158 g/mol. The number of carbonyl (C=O) groups is 1. The first-order chi connectivity index (χ1) is 5.61. The molecule has 0 saturated carbocycles. The van der Waals surface area contributed by atoms with Gasteiger partial charge in [0.15, 0.2) is 5.96 Å². The molecule has 0 bridgehead atoms. The number of hydrogen-bond acceptors (Lipinski definition) is 3. The summed E-state index contributed by atoms with van der Waals surface area (Å²) in [5, 5.41) is 0. The largest absolute Gasteiger partial charge is 0.464 e. The number of carbonyl (C=O) groups excluding carboxylic acids is 1. The molecule has 0 heterocycles. The third-order valence-corrected chi connectivity index (χ3v) is 1.04. The van der Waals surface area contributed by atoms with Crippen molar-refractivity contribution >= 4 is 11.9 Å². The molecule has 0 unspecified atom stereocenters. The quantitative estimate of drug-likeness (QED) is 0.264. The van der Waals surface area contributed by atoms with Gasteiger partial charge in [-0.2, -0.15) is 0 Å². The van der Waals surface area contributed by atoms with Crippen molar-refractivity contribution in [2.45, 2.75) is 13.3 Å². The van der Waals surface area contributed by atoms with Crippen molar-refractivity contribution in [1.29, 1.82) is 0 Å². The summed E-state index contributed by atoms with van der Waals surface area (Å²) in [6.07, 6.45) is 2.26. The molecule has 4 N–H and O–H groups in total. The van der Waals surface area contributed by atoms with Crippen molar-refractivity contribution in [3.63, 3.8) is 0 Å². The maximum absolute atomic E-state index is 10.9. The van der Waals surface area contributed by atoms with Crippen molar-refractivity contribution in [3.05, 3.63) is 11.8 Å². The fraction of sp³-hybridized carbons (Fsp3) is 0.429. The predicted molar refractivity (Wildman–Crippen MR) is 46.2 cm³/mol. The second-order valence-electron chi connectivity index (χ2n) is 2.03. The van der Waals surface area contributed by atoms with Gasteiger partial charge in [-0.15, -0.1) is 0 Å². The Kier molecular flexibility index (Phi) is 4.52. The summed E-state index contributed by atoms with van der Waals surface area (Å²) >= 11 is 0. The van der Waals surface area contributed by atoms with Gasteiger partial charge in [0.25, 0.3) is 0 Å². The summed E-state index contributed by atoms with van der Waals surface area (Å²) in [6, 6.07) is 0. The Morgan fingerprint density at radius 1 is 1.58 bits per heavy atom. The molecule has 0 atom stereocenters. The molecule has 0 aromatic rings. The first kappa shape index (κ1) is 10.5. The Morgan fingerprint density at radius 3 is 2.50 bits per heavy atom. The minimum absolute atomic E-state index is 0.139. The van der Waals surface area contributed by atoms with E-state index in [-0.39, 0.29) is 11.7 Å². The van der Waals surface area contributed by atoms with Crippen LogP contribution in [0.3, 0.4) is 0 Å². The van der Waals surface area contributed by atoms with Gasteiger partial charge in [-0.3, -0.25) is 0 Å². The highest BCUT2D eigenvalue weighted by Gasteiger charge is 2.06. The fourth-order valence-corrected chi connectivity index (χ4v) is 0.612. The van der Waals surface area contributed by atoms with E-state index < -0.39 is 5.97 Å². The first-order valence-corrected chi connectivity index (χ1v) is 3.50. The highest BCUT2D eigenvalue weighted by molar-refractivity contribution is 5.91. The molecule has 0 radical (unpaired) electrons. The lowest BCUT2D eigenvalue weighted by molar-refractivity contribution is -0.136. The van der Waals surface area contributed by atoms with Gasteiger partial charge in [0, 0.05) is 0 Å². The fourth-order valence-electron chi connectivity index (χ4n) is 0.612. The van der Waals surface area contributed by atoms with E-state index in [1.54, 1.807) is 6.08 Å². The Balaban J connectivity index is 4.57. The van der Waals surface area contributed by atoms with Crippen LogP contribution in [-0.2, 0) is 9.53 Å². The molecule has 12 heavy (non-hydrogen) atoms. The third-order valence-electron chi connectivity index (χ3n) is 1.04. The van der Waals surface area contributed by atoms with Crippen LogP contribution in [0.5, 0.6) is 0 Å². The minimum atomic E-state index is -0.537. The predicted octanol–water partition coefficient (Wildman–Crippen LogP) is -0.273. The van der Waals surface area contributed by atoms with Crippen molar-refractivity contribution in [1.82, 2.24) is 0 Å². The molecule has 0 aromatic carbocycles. The van der Waals surface area contributed by atoms with E-state index in [0.29, 0.717) is 6.42 Å². The number of esters is 1. The Bertz CT molecular complexity index is 217. The summed E-state index contributed by atoms with van der Waals surface area (Å²) in [6.45, 7) is 1.87. The van der Waals surface area contributed by atoms with Gasteiger partial charge in [0.05, 0.1) is 7.11 Å². The highest BCUT2D eigenvalue weighted by atomic mass is 16.5. The third kappa shape index (κ3) is 3.60. The molecule has 0 aliphatic carbocycles. The average Bonchev–Trinajstić information content (AvgIpc) is 2.01. The normalized spacial score (nSPS) is 10.7. The number of aliphatic imine (C=N–C) groups is 1. The standard InChI is InChI=1S/C7H13N3O2/c1-3-4-5(6(11)12-2)10-7(8)9/h4H,3H2,1-2H3,(H4,8,9,10). The Morgan fingerprint density at radius 2 is 2.17 bits per heavy atom. The van der Waals surface area contributed by atoms with Crippen LogP contribution in [0.2, 0.25) is 0 Å². The molecular formula is C7H13N3O2. The molecule has 0 rings (SSSR count).